The Kier molecular flexibility index (Phi) is 4.09. The van der Waals surface area contributed by atoms with Crippen molar-refractivity contribution in [2.75, 3.05) is 25.1 Å². The molecule has 0 saturated carbocycles. The minimum absolute atomic E-state index is 0.563. The molecule has 2 rings (SSSR count). The van der Waals surface area contributed by atoms with Crippen LogP contribution in [0.4, 0.5) is 0 Å². The molecule has 1 aliphatic heterocycles. The fourth-order valence-electron chi connectivity index (χ4n) is 1.80. The van der Waals surface area contributed by atoms with Gasteiger partial charge in [-0.1, -0.05) is 0 Å². The summed E-state index contributed by atoms with van der Waals surface area (Å²) >= 11 is 2.00. The van der Waals surface area contributed by atoms with Crippen molar-refractivity contribution < 1.29 is 4.42 Å². The lowest BCUT2D eigenvalue weighted by atomic mass is 10.1. The largest absolute Gasteiger partial charge is 0.445 e. The van der Waals surface area contributed by atoms with Gasteiger partial charge in [-0.2, -0.15) is 11.8 Å². The number of hydrogen-bond donors (Lipinski definition) is 1. The molecule has 1 saturated heterocycles. The lowest BCUT2D eigenvalue weighted by molar-refractivity contribution is 0.425. The van der Waals surface area contributed by atoms with E-state index in [0.29, 0.717) is 5.92 Å². The third-order valence-corrected chi connectivity index (χ3v) is 3.86. The van der Waals surface area contributed by atoms with E-state index in [1.807, 2.05) is 25.0 Å². The van der Waals surface area contributed by atoms with E-state index in [0.717, 1.165) is 31.0 Å². The van der Waals surface area contributed by atoms with E-state index in [1.165, 1.54) is 17.9 Å². The molecule has 15 heavy (non-hydrogen) atoms. The van der Waals surface area contributed by atoms with Crippen LogP contribution in [0.1, 0.15) is 30.4 Å². The molecular weight excluding hydrogens is 208 g/mol. The van der Waals surface area contributed by atoms with Gasteiger partial charge in [0.25, 0.3) is 0 Å². The molecule has 0 aromatic carbocycles. The lowest BCUT2D eigenvalue weighted by Gasteiger charge is -2.01. The summed E-state index contributed by atoms with van der Waals surface area (Å²) in [6.45, 7) is 1.04. The summed E-state index contributed by atoms with van der Waals surface area (Å²) in [5, 5.41) is 3.13. The van der Waals surface area contributed by atoms with Gasteiger partial charge in [-0.15, -0.1) is 0 Å². The zero-order valence-electron chi connectivity index (χ0n) is 9.16. The molecule has 0 radical (unpaired) electrons. The van der Waals surface area contributed by atoms with E-state index in [1.54, 1.807) is 0 Å². The van der Waals surface area contributed by atoms with Crippen LogP contribution in [0.3, 0.4) is 0 Å². The first-order valence-corrected chi connectivity index (χ1v) is 6.72. The van der Waals surface area contributed by atoms with Crippen molar-refractivity contribution in [3.63, 3.8) is 0 Å². The number of aromatic nitrogens is 1. The predicted octanol–water partition coefficient (Wildman–Crippen LogP) is 2.05. The zero-order chi connectivity index (χ0) is 10.5. The van der Waals surface area contributed by atoms with Crippen LogP contribution in [0.5, 0.6) is 0 Å². The van der Waals surface area contributed by atoms with Crippen molar-refractivity contribution in [2.24, 2.45) is 0 Å². The van der Waals surface area contributed by atoms with E-state index in [9.17, 15) is 0 Å². The highest BCUT2D eigenvalue weighted by Crippen LogP contribution is 2.31. The zero-order valence-corrected chi connectivity index (χ0v) is 9.98. The second-order valence-electron chi connectivity index (χ2n) is 3.93. The van der Waals surface area contributed by atoms with Gasteiger partial charge < -0.3 is 9.73 Å². The fourth-order valence-corrected chi connectivity index (χ4v) is 3.01. The second-order valence-corrected chi connectivity index (χ2v) is 5.08. The molecule has 1 unspecified atom stereocenters. The van der Waals surface area contributed by atoms with E-state index < -0.39 is 0 Å². The Morgan fingerprint density at radius 1 is 1.67 bits per heavy atom. The van der Waals surface area contributed by atoms with E-state index in [4.69, 9.17) is 4.42 Å². The Hall–Kier alpha value is -0.480. The van der Waals surface area contributed by atoms with E-state index in [2.05, 4.69) is 10.3 Å². The molecule has 0 bridgehead atoms. The van der Waals surface area contributed by atoms with Crippen LogP contribution < -0.4 is 5.32 Å². The summed E-state index contributed by atoms with van der Waals surface area (Å²) < 4.78 is 5.76. The molecule has 1 aliphatic rings. The van der Waals surface area contributed by atoms with Crippen LogP contribution in [0.2, 0.25) is 0 Å². The topological polar surface area (TPSA) is 38.1 Å². The third kappa shape index (κ3) is 2.98. The summed E-state index contributed by atoms with van der Waals surface area (Å²) in [4.78, 5) is 4.38. The maximum atomic E-state index is 5.76. The number of thioether (sulfide) groups is 1. The van der Waals surface area contributed by atoms with Gasteiger partial charge >= 0.3 is 0 Å². The summed E-state index contributed by atoms with van der Waals surface area (Å²) in [5.74, 6) is 4.99. The molecule has 84 valence electrons. The summed E-state index contributed by atoms with van der Waals surface area (Å²) in [7, 11) is 1.97. The maximum Gasteiger partial charge on any atom is 0.198 e. The van der Waals surface area contributed by atoms with Crippen molar-refractivity contribution in [3.8, 4) is 0 Å². The van der Waals surface area contributed by atoms with Gasteiger partial charge in [-0.3, -0.25) is 0 Å². The van der Waals surface area contributed by atoms with Crippen LogP contribution in [0.15, 0.2) is 10.6 Å². The molecule has 2 heterocycles. The number of hydrogen-bond acceptors (Lipinski definition) is 4. The first-order valence-electron chi connectivity index (χ1n) is 5.57. The standard InChI is InChI=1S/C11H18N2OS/c1-12-5-2-3-10-7-13-11(14-10)9-4-6-15-8-9/h7,9,12H,2-6,8H2,1H3. The van der Waals surface area contributed by atoms with Gasteiger partial charge in [0.1, 0.15) is 5.76 Å². The highest BCUT2D eigenvalue weighted by atomic mass is 32.2. The fraction of sp³-hybridized carbons (Fsp3) is 0.727. The van der Waals surface area contributed by atoms with Crippen molar-refractivity contribution in [3.05, 3.63) is 17.8 Å². The molecule has 1 fully saturated rings. The molecule has 1 aromatic heterocycles. The Morgan fingerprint density at radius 2 is 2.60 bits per heavy atom. The van der Waals surface area contributed by atoms with Crippen molar-refractivity contribution >= 4 is 11.8 Å². The Morgan fingerprint density at radius 3 is 3.33 bits per heavy atom. The third-order valence-electron chi connectivity index (χ3n) is 2.70. The minimum atomic E-state index is 0.563. The van der Waals surface area contributed by atoms with Gasteiger partial charge in [-0.25, -0.2) is 4.98 Å². The molecular formula is C11H18N2OS. The Labute approximate surface area is 95.0 Å². The molecule has 3 nitrogen and oxygen atoms in total. The number of rotatable bonds is 5. The normalized spacial score (nSPS) is 21.0. The molecule has 1 N–H and O–H groups in total. The molecule has 1 aromatic rings. The van der Waals surface area contributed by atoms with Crippen molar-refractivity contribution in [1.29, 1.82) is 0 Å². The number of nitrogens with zero attached hydrogens (tertiary/aromatic N) is 1. The predicted molar refractivity (Wildman–Crippen MR) is 63.4 cm³/mol. The minimum Gasteiger partial charge on any atom is -0.445 e. The summed E-state index contributed by atoms with van der Waals surface area (Å²) in [5.41, 5.74) is 0. The molecule has 0 amide bonds. The average molecular weight is 226 g/mol. The van der Waals surface area contributed by atoms with E-state index >= 15 is 0 Å². The smallest absolute Gasteiger partial charge is 0.198 e. The highest BCUT2D eigenvalue weighted by molar-refractivity contribution is 7.99. The highest BCUT2D eigenvalue weighted by Gasteiger charge is 2.21. The lowest BCUT2D eigenvalue weighted by Crippen LogP contribution is -2.08. The van der Waals surface area contributed by atoms with Crippen molar-refractivity contribution in [2.45, 2.75) is 25.2 Å². The molecule has 1 atom stereocenters. The van der Waals surface area contributed by atoms with Crippen LogP contribution in [-0.4, -0.2) is 30.1 Å². The van der Waals surface area contributed by atoms with Gasteiger partial charge in [0.2, 0.25) is 0 Å². The maximum absolute atomic E-state index is 5.76. The molecule has 0 spiro atoms. The van der Waals surface area contributed by atoms with Crippen LogP contribution >= 0.6 is 11.8 Å². The van der Waals surface area contributed by atoms with Crippen LogP contribution in [0, 0.1) is 0 Å². The number of aryl methyl sites for hydroxylation is 1. The van der Waals surface area contributed by atoms with Gasteiger partial charge in [0, 0.05) is 18.1 Å². The first-order chi connectivity index (χ1) is 7.40. The Balaban J connectivity index is 1.86. The first kappa shape index (κ1) is 11.0. The van der Waals surface area contributed by atoms with Crippen LogP contribution in [0.25, 0.3) is 0 Å². The second kappa shape index (κ2) is 5.56. The summed E-state index contributed by atoms with van der Waals surface area (Å²) in [6.07, 6.45) is 5.23. The number of nitrogens with one attached hydrogen (secondary N) is 1. The molecule has 0 aliphatic carbocycles. The van der Waals surface area contributed by atoms with Crippen molar-refractivity contribution in [1.82, 2.24) is 10.3 Å². The average Bonchev–Trinajstić information content (AvgIpc) is 2.87. The summed E-state index contributed by atoms with van der Waals surface area (Å²) in [6, 6.07) is 0. The Bertz CT molecular complexity index is 295. The van der Waals surface area contributed by atoms with Gasteiger partial charge in [0.05, 0.1) is 6.20 Å². The quantitative estimate of drug-likeness (QED) is 0.780. The monoisotopic (exact) mass is 226 g/mol. The van der Waals surface area contributed by atoms with Gasteiger partial charge in [0.15, 0.2) is 5.89 Å². The number of oxazole rings is 1. The van der Waals surface area contributed by atoms with E-state index in [-0.39, 0.29) is 0 Å². The van der Waals surface area contributed by atoms with Crippen LogP contribution in [-0.2, 0) is 6.42 Å². The van der Waals surface area contributed by atoms with Gasteiger partial charge in [-0.05, 0) is 32.2 Å². The molecule has 4 heteroatoms. The SMILES string of the molecule is CNCCCc1cnc(C2CCSC2)o1.